The lowest BCUT2D eigenvalue weighted by Gasteiger charge is -2.14. The molecule has 9 heteroatoms. The minimum Gasteiger partial charge on any atom is -0.411 e. The summed E-state index contributed by atoms with van der Waals surface area (Å²) in [5, 5.41) is 21.8. The Labute approximate surface area is 155 Å². The molecule has 1 aromatic heterocycles. The average Bonchev–Trinajstić information content (AvgIpc) is 3.07. The second-order valence-electron chi connectivity index (χ2n) is 6.41. The number of thioether (sulfide) groups is 1. The van der Waals surface area contributed by atoms with Crippen LogP contribution in [0, 0.1) is 16.0 Å². The van der Waals surface area contributed by atoms with Gasteiger partial charge in [0.15, 0.2) is 0 Å². The molecule has 1 amide bonds. The molecule has 0 spiro atoms. The molecule has 0 saturated heterocycles. The predicted octanol–water partition coefficient (Wildman–Crippen LogP) is 3.68. The van der Waals surface area contributed by atoms with Crippen molar-refractivity contribution >= 4 is 23.4 Å². The van der Waals surface area contributed by atoms with E-state index < -0.39 is 4.92 Å². The highest BCUT2D eigenvalue weighted by atomic mass is 32.2. The van der Waals surface area contributed by atoms with Gasteiger partial charge in [0.2, 0.25) is 11.8 Å². The lowest BCUT2D eigenvalue weighted by Crippen LogP contribution is -2.34. The Kier molecular flexibility index (Phi) is 7.14. The molecule has 0 aliphatic carbocycles. The first-order chi connectivity index (χ1) is 12.3. The highest BCUT2D eigenvalue weighted by Crippen LogP contribution is 2.25. The fraction of sp³-hybridized carbons (Fsp3) is 0.471. The molecule has 0 aliphatic heterocycles. The summed E-state index contributed by atoms with van der Waals surface area (Å²) in [5.41, 5.74) is 0.412. The zero-order valence-electron chi connectivity index (χ0n) is 15.0. The lowest BCUT2D eigenvalue weighted by molar-refractivity contribution is -0.384. The number of nitrogens with one attached hydrogen (secondary N) is 1. The van der Waals surface area contributed by atoms with E-state index in [4.69, 9.17) is 4.42 Å². The fourth-order valence-electron chi connectivity index (χ4n) is 2.24. The molecule has 1 atom stereocenters. The van der Waals surface area contributed by atoms with Gasteiger partial charge in [-0.15, -0.1) is 10.2 Å². The number of amides is 1. The van der Waals surface area contributed by atoms with Crippen molar-refractivity contribution in [1.82, 2.24) is 15.5 Å². The molecular formula is C17H22N4O4S. The van der Waals surface area contributed by atoms with Crippen LogP contribution in [0.3, 0.4) is 0 Å². The number of carbonyl (C=O) groups is 1. The van der Waals surface area contributed by atoms with Gasteiger partial charge in [-0.05, 0) is 31.7 Å². The van der Waals surface area contributed by atoms with Crippen molar-refractivity contribution in [2.24, 2.45) is 5.92 Å². The molecule has 0 saturated carbocycles. The van der Waals surface area contributed by atoms with Crippen LogP contribution < -0.4 is 5.32 Å². The first kappa shape index (κ1) is 19.9. The minimum atomic E-state index is -0.486. The molecule has 26 heavy (non-hydrogen) atoms. The maximum atomic E-state index is 12.0. The normalized spacial score (nSPS) is 12.2. The topological polar surface area (TPSA) is 111 Å². The van der Waals surface area contributed by atoms with Crippen molar-refractivity contribution < 1.29 is 14.1 Å². The predicted molar refractivity (Wildman–Crippen MR) is 98.8 cm³/mol. The summed E-state index contributed by atoms with van der Waals surface area (Å²) in [6, 6.07) is 6.08. The first-order valence-corrected chi connectivity index (χ1v) is 9.34. The number of aromatic nitrogens is 2. The molecule has 8 nitrogen and oxygen atoms in total. The summed E-state index contributed by atoms with van der Waals surface area (Å²) in [6.07, 6.45) is 2.00. The molecule has 0 bridgehead atoms. The molecule has 0 aliphatic rings. The number of hydrogen-bond acceptors (Lipinski definition) is 7. The number of carbonyl (C=O) groups excluding carboxylic acids is 1. The van der Waals surface area contributed by atoms with E-state index in [1.165, 1.54) is 12.1 Å². The van der Waals surface area contributed by atoms with Gasteiger partial charge in [-0.1, -0.05) is 31.7 Å². The van der Waals surface area contributed by atoms with Gasteiger partial charge in [0.05, 0.1) is 10.7 Å². The van der Waals surface area contributed by atoms with Crippen LogP contribution in [0.1, 0.15) is 33.6 Å². The van der Waals surface area contributed by atoms with Gasteiger partial charge in [-0.2, -0.15) is 0 Å². The molecule has 1 aromatic carbocycles. The van der Waals surface area contributed by atoms with E-state index in [9.17, 15) is 14.9 Å². The highest BCUT2D eigenvalue weighted by Gasteiger charge is 2.15. The molecular weight excluding hydrogens is 356 g/mol. The summed E-state index contributed by atoms with van der Waals surface area (Å²) < 4.78 is 5.48. The van der Waals surface area contributed by atoms with Crippen molar-refractivity contribution in [2.45, 2.75) is 44.9 Å². The average molecular weight is 378 g/mol. The fourth-order valence-corrected chi connectivity index (χ4v) is 2.81. The van der Waals surface area contributed by atoms with Crippen molar-refractivity contribution in [2.75, 3.05) is 5.75 Å². The van der Waals surface area contributed by atoms with E-state index in [1.54, 1.807) is 12.1 Å². The Hall–Kier alpha value is -2.42. The number of nitrogens with zero attached hydrogens (tertiary/aromatic N) is 3. The maximum Gasteiger partial charge on any atom is 0.277 e. The molecule has 2 aromatic rings. The van der Waals surface area contributed by atoms with Gasteiger partial charge in [0.1, 0.15) is 0 Å². The number of nitro benzene ring substituents is 1. The second kappa shape index (κ2) is 9.33. The van der Waals surface area contributed by atoms with Gasteiger partial charge >= 0.3 is 0 Å². The van der Waals surface area contributed by atoms with Crippen LogP contribution in [0.2, 0.25) is 0 Å². The van der Waals surface area contributed by atoms with Crippen molar-refractivity contribution in [3.05, 3.63) is 34.4 Å². The third-order valence-electron chi connectivity index (χ3n) is 3.62. The zero-order chi connectivity index (χ0) is 19.1. The summed E-state index contributed by atoms with van der Waals surface area (Å²) in [4.78, 5) is 22.3. The lowest BCUT2D eigenvalue weighted by atomic mass is 10.0. The van der Waals surface area contributed by atoms with Gasteiger partial charge < -0.3 is 9.73 Å². The summed E-state index contributed by atoms with van der Waals surface area (Å²) >= 11 is 1.13. The number of nitro groups is 1. The molecule has 140 valence electrons. The first-order valence-electron chi connectivity index (χ1n) is 8.35. The highest BCUT2D eigenvalue weighted by molar-refractivity contribution is 7.99. The molecule has 1 N–H and O–H groups in total. The largest absolute Gasteiger partial charge is 0.411 e. The minimum absolute atomic E-state index is 0.0512. The summed E-state index contributed by atoms with van der Waals surface area (Å²) in [6.45, 7) is 6.29. The standard InChI is InChI=1S/C17H22N4O4S/c1-11(2)7-8-12(3)18-15(22)10-26-17-20-19-16(25-17)13-5-4-6-14(9-13)21(23)24/h4-6,9,11-12H,7-8,10H2,1-3H3,(H,18,22)/t12-/m0/s1. The van der Waals surface area contributed by atoms with Crippen LogP contribution in [-0.2, 0) is 4.79 Å². The van der Waals surface area contributed by atoms with E-state index in [0.717, 1.165) is 24.6 Å². The van der Waals surface area contributed by atoms with E-state index >= 15 is 0 Å². The second-order valence-corrected chi connectivity index (χ2v) is 7.34. The zero-order valence-corrected chi connectivity index (χ0v) is 15.8. The van der Waals surface area contributed by atoms with Crippen LogP contribution in [0.5, 0.6) is 0 Å². The monoisotopic (exact) mass is 378 g/mol. The van der Waals surface area contributed by atoms with Crippen LogP contribution in [0.15, 0.2) is 33.9 Å². The van der Waals surface area contributed by atoms with Crippen LogP contribution >= 0.6 is 11.8 Å². The number of rotatable bonds is 9. The van der Waals surface area contributed by atoms with Crippen molar-refractivity contribution in [3.63, 3.8) is 0 Å². The van der Waals surface area contributed by atoms with E-state index in [2.05, 4.69) is 29.4 Å². The smallest absolute Gasteiger partial charge is 0.277 e. The third kappa shape index (κ3) is 6.14. The van der Waals surface area contributed by atoms with Crippen LogP contribution in [-0.4, -0.2) is 32.8 Å². The van der Waals surface area contributed by atoms with Gasteiger partial charge in [0.25, 0.3) is 10.9 Å². The van der Waals surface area contributed by atoms with Crippen molar-refractivity contribution in [1.29, 1.82) is 0 Å². The van der Waals surface area contributed by atoms with Crippen molar-refractivity contribution in [3.8, 4) is 11.5 Å². The number of non-ortho nitro benzene ring substituents is 1. The summed E-state index contributed by atoms with van der Waals surface area (Å²) in [7, 11) is 0. The van der Waals surface area contributed by atoms with Gasteiger partial charge in [-0.3, -0.25) is 14.9 Å². The number of hydrogen-bond donors (Lipinski definition) is 1. The molecule has 1 heterocycles. The van der Waals surface area contributed by atoms with Gasteiger partial charge in [0, 0.05) is 23.7 Å². The SMILES string of the molecule is CC(C)CC[C@H](C)NC(=O)CSc1nnc(-c2cccc([N+](=O)[O-])c2)o1. The van der Waals surface area contributed by atoms with Crippen LogP contribution in [0.4, 0.5) is 5.69 Å². The maximum absolute atomic E-state index is 12.0. The Bertz CT molecular complexity index is 763. The summed E-state index contributed by atoms with van der Waals surface area (Å²) in [5.74, 6) is 0.861. The van der Waals surface area contributed by atoms with Crippen LogP contribution in [0.25, 0.3) is 11.5 Å². The Morgan fingerprint density at radius 2 is 2.08 bits per heavy atom. The van der Waals surface area contributed by atoms with E-state index in [1.807, 2.05) is 6.92 Å². The van der Waals surface area contributed by atoms with E-state index in [-0.39, 0.29) is 34.5 Å². The molecule has 0 fully saturated rings. The Morgan fingerprint density at radius 1 is 1.31 bits per heavy atom. The quantitative estimate of drug-likeness (QED) is 0.402. The Balaban J connectivity index is 1.87. The number of benzene rings is 1. The Morgan fingerprint density at radius 3 is 2.77 bits per heavy atom. The molecule has 0 radical (unpaired) electrons. The third-order valence-corrected chi connectivity index (χ3v) is 4.44. The molecule has 2 rings (SSSR count). The van der Waals surface area contributed by atoms with Gasteiger partial charge in [-0.25, -0.2) is 0 Å². The molecule has 0 unspecified atom stereocenters. The van der Waals surface area contributed by atoms with E-state index in [0.29, 0.717) is 11.5 Å².